The minimum Gasteiger partial charge on any atom is -0.396 e. The van der Waals surface area contributed by atoms with Crippen LogP contribution in [0, 0.1) is 22.2 Å². The summed E-state index contributed by atoms with van der Waals surface area (Å²) in [5, 5.41) is 12.1. The van der Waals surface area contributed by atoms with Crippen molar-refractivity contribution in [3.05, 3.63) is 0 Å². The highest BCUT2D eigenvalue weighted by molar-refractivity contribution is 5.84. The third-order valence-electron chi connectivity index (χ3n) is 4.45. The summed E-state index contributed by atoms with van der Waals surface area (Å²) in [6.45, 7) is 13.0. The van der Waals surface area contributed by atoms with Gasteiger partial charge in [0.05, 0.1) is 0 Å². The molecule has 16 heavy (non-hydrogen) atoms. The normalized spacial score (nSPS) is 22.9. The van der Waals surface area contributed by atoms with Gasteiger partial charge >= 0.3 is 0 Å². The second-order valence-electron chi connectivity index (χ2n) is 6.92. The van der Waals surface area contributed by atoms with Gasteiger partial charge in [0.1, 0.15) is 0 Å². The molecule has 3 nitrogen and oxygen atoms in total. The molecule has 0 spiro atoms. The van der Waals surface area contributed by atoms with Crippen molar-refractivity contribution in [1.82, 2.24) is 5.32 Å². The van der Waals surface area contributed by atoms with E-state index in [1.807, 2.05) is 13.8 Å². The molecule has 1 rings (SSSR count). The third kappa shape index (κ3) is 2.10. The van der Waals surface area contributed by atoms with Gasteiger partial charge in [-0.05, 0) is 10.8 Å². The van der Waals surface area contributed by atoms with E-state index in [2.05, 4.69) is 33.0 Å². The second kappa shape index (κ2) is 3.73. The molecule has 1 fully saturated rings. The molecule has 0 heterocycles. The number of carbonyl (C=O) groups excluding carboxylic acids is 1. The fraction of sp³-hybridized carbons (Fsp3) is 0.923. The average Bonchev–Trinajstić information content (AvgIpc) is 2.54. The van der Waals surface area contributed by atoms with Gasteiger partial charge in [-0.2, -0.15) is 0 Å². The molecule has 1 aliphatic rings. The van der Waals surface area contributed by atoms with E-state index in [0.29, 0.717) is 6.54 Å². The first-order valence-corrected chi connectivity index (χ1v) is 5.95. The van der Waals surface area contributed by atoms with Gasteiger partial charge in [0.15, 0.2) is 0 Å². The number of hydrogen-bond acceptors (Lipinski definition) is 2. The highest BCUT2D eigenvalue weighted by atomic mass is 16.3. The van der Waals surface area contributed by atoms with E-state index in [-0.39, 0.29) is 34.7 Å². The molecule has 0 aromatic heterocycles. The third-order valence-corrected chi connectivity index (χ3v) is 4.45. The molecule has 2 N–H and O–H groups in total. The first-order valence-electron chi connectivity index (χ1n) is 5.95. The number of aliphatic hydroxyl groups excluding tert-OH is 1. The molecule has 94 valence electrons. The fourth-order valence-corrected chi connectivity index (χ4v) is 2.34. The second-order valence-corrected chi connectivity index (χ2v) is 6.92. The van der Waals surface area contributed by atoms with Crippen molar-refractivity contribution in [3.63, 3.8) is 0 Å². The lowest BCUT2D eigenvalue weighted by molar-refractivity contribution is -0.124. The molecular formula is C13H25NO2. The van der Waals surface area contributed by atoms with Crippen molar-refractivity contribution in [3.8, 4) is 0 Å². The zero-order valence-corrected chi connectivity index (χ0v) is 11.3. The molecule has 3 heteroatoms. The van der Waals surface area contributed by atoms with Gasteiger partial charge in [-0.25, -0.2) is 0 Å². The molecule has 0 atom stereocenters. The van der Waals surface area contributed by atoms with Crippen LogP contribution >= 0.6 is 0 Å². The number of hydrogen-bond donors (Lipinski definition) is 2. The maximum Gasteiger partial charge on any atom is 0.224 e. The Morgan fingerprint density at radius 3 is 2.00 bits per heavy atom. The lowest BCUT2D eigenvalue weighted by Gasteiger charge is -2.22. The molecule has 0 aliphatic heterocycles. The van der Waals surface area contributed by atoms with E-state index >= 15 is 0 Å². The lowest BCUT2D eigenvalue weighted by atomic mass is 9.95. The average molecular weight is 227 g/mol. The zero-order chi connectivity index (χ0) is 12.8. The summed E-state index contributed by atoms with van der Waals surface area (Å²) in [6, 6.07) is 0. The molecule has 1 saturated carbocycles. The van der Waals surface area contributed by atoms with E-state index < -0.39 is 0 Å². The van der Waals surface area contributed by atoms with Crippen LogP contribution in [0.3, 0.4) is 0 Å². The number of rotatable bonds is 4. The Bertz CT molecular complexity index is 278. The summed E-state index contributed by atoms with van der Waals surface area (Å²) in [4.78, 5) is 12.0. The Balaban J connectivity index is 2.51. The summed E-state index contributed by atoms with van der Waals surface area (Å²) < 4.78 is 0. The smallest absolute Gasteiger partial charge is 0.224 e. The molecule has 0 saturated heterocycles. The van der Waals surface area contributed by atoms with E-state index in [9.17, 15) is 4.79 Å². The predicted molar refractivity (Wildman–Crippen MR) is 64.9 cm³/mol. The van der Waals surface area contributed by atoms with Crippen LogP contribution in [0.2, 0.25) is 0 Å². The lowest BCUT2D eigenvalue weighted by Crippen LogP contribution is -2.37. The summed E-state index contributed by atoms with van der Waals surface area (Å²) >= 11 is 0. The first kappa shape index (κ1) is 13.5. The fourth-order valence-electron chi connectivity index (χ4n) is 2.34. The Labute approximate surface area is 98.6 Å². The zero-order valence-electron chi connectivity index (χ0n) is 11.3. The standard InChI is InChI=1S/C13H25NO2/c1-11(2,8-15)7-14-10(16)9-12(3,4)13(9,5)6/h9,15H,7-8H2,1-6H3,(H,14,16). The van der Waals surface area contributed by atoms with Crippen molar-refractivity contribution < 1.29 is 9.90 Å². The molecule has 1 amide bonds. The van der Waals surface area contributed by atoms with E-state index in [1.165, 1.54) is 0 Å². The van der Waals surface area contributed by atoms with Crippen LogP contribution in [0.5, 0.6) is 0 Å². The first-order chi connectivity index (χ1) is 7.06. The van der Waals surface area contributed by atoms with Crippen LogP contribution in [0.1, 0.15) is 41.5 Å². The molecule has 1 aliphatic carbocycles. The minimum absolute atomic E-state index is 0.0838. The van der Waals surface area contributed by atoms with Crippen LogP contribution in [0.25, 0.3) is 0 Å². The van der Waals surface area contributed by atoms with E-state index in [1.54, 1.807) is 0 Å². The molecule has 0 bridgehead atoms. The van der Waals surface area contributed by atoms with E-state index in [0.717, 1.165) is 0 Å². The van der Waals surface area contributed by atoms with Gasteiger partial charge in [0.25, 0.3) is 0 Å². The van der Waals surface area contributed by atoms with Crippen molar-refractivity contribution in [2.24, 2.45) is 22.2 Å². The Morgan fingerprint density at radius 1 is 1.25 bits per heavy atom. The van der Waals surface area contributed by atoms with Crippen LogP contribution < -0.4 is 5.32 Å². The molecule has 0 aromatic rings. The largest absolute Gasteiger partial charge is 0.396 e. The number of amides is 1. The Kier molecular flexibility index (Phi) is 3.14. The minimum atomic E-state index is -0.237. The number of nitrogens with one attached hydrogen (secondary N) is 1. The van der Waals surface area contributed by atoms with Gasteiger partial charge in [0, 0.05) is 24.5 Å². The predicted octanol–water partition coefficient (Wildman–Crippen LogP) is 1.80. The summed E-state index contributed by atoms with van der Waals surface area (Å²) in [7, 11) is 0. The highest BCUT2D eigenvalue weighted by Gasteiger charge is 2.68. The SMILES string of the molecule is CC(C)(CO)CNC(=O)C1C(C)(C)C1(C)C. The van der Waals surface area contributed by atoms with Crippen molar-refractivity contribution in [1.29, 1.82) is 0 Å². The number of aliphatic hydroxyl groups is 1. The van der Waals surface area contributed by atoms with Gasteiger partial charge in [-0.15, -0.1) is 0 Å². The van der Waals surface area contributed by atoms with E-state index in [4.69, 9.17) is 5.11 Å². The maximum absolute atomic E-state index is 12.0. The van der Waals surface area contributed by atoms with Gasteiger partial charge < -0.3 is 10.4 Å². The Morgan fingerprint density at radius 2 is 1.69 bits per heavy atom. The van der Waals surface area contributed by atoms with Crippen LogP contribution in [0.15, 0.2) is 0 Å². The molecular weight excluding hydrogens is 202 g/mol. The van der Waals surface area contributed by atoms with Crippen LogP contribution in [0.4, 0.5) is 0 Å². The maximum atomic E-state index is 12.0. The quantitative estimate of drug-likeness (QED) is 0.769. The Hall–Kier alpha value is -0.570. The molecule has 0 aromatic carbocycles. The van der Waals surface area contributed by atoms with Crippen molar-refractivity contribution in [2.75, 3.05) is 13.2 Å². The molecule has 0 radical (unpaired) electrons. The summed E-state index contributed by atoms with van der Waals surface area (Å²) in [6.07, 6.45) is 0. The topological polar surface area (TPSA) is 49.3 Å². The van der Waals surface area contributed by atoms with Crippen molar-refractivity contribution >= 4 is 5.91 Å². The van der Waals surface area contributed by atoms with Crippen molar-refractivity contribution in [2.45, 2.75) is 41.5 Å². The molecule has 0 unspecified atom stereocenters. The van der Waals surface area contributed by atoms with Gasteiger partial charge in [-0.3, -0.25) is 4.79 Å². The monoisotopic (exact) mass is 227 g/mol. The number of carbonyl (C=O) groups is 1. The van der Waals surface area contributed by atoms with Crippen LogP contribution in [-0.4, -0.2) is 24.2 Å². The van der Waals surface area contributed by atoms with Gasteiger partial charge in [-0.1, -0.05) is 41.5 Å². The highest BCUT2D eigenvalue weighted by Crippen LogP contribution is 2.68. The summed E-state index contributed by atoms with van der Waals surface area (Å²) in [5.74, 6) is 0.214. The summed E-state index contributed by atoms with van der Waals surface area (Å²) in [5.41, 5.74) is -0.0697. The van der Waals surface area contributed by atoms with Gasteiger partial charge in [0.2, 0.25) is 5.91 Å². The van der Waals surface area contributed by atoms with Crippen LogP contribution in [-0.2, 0) is 4.79 Å².